The highest BCUT2D eigenvalue weighted by Gasteiger charge is 2.21. The second kappa shape index (κ2) is 6.24. The molecule has 0 saturated carbocycles. The van der Waals surface area contributed by atoms with Crippen LogP contribution in [0, 0.1) is 13.8 Å². The molecule has 104 valence electrons. The maximum Gasteiger partial charge on any atom is 0.332 e. The first kappa shape index (κ1) is 14.1. The Kier molecular flexibility index (Phi) is 4.41. The fourth-order valence-corrected chi connectivity index (χ4v) is 2.06. The number of benzene rings is 2. The molecule has 0 radical (unpaired) electrons. The average molecular weight is 269 g/mol. The van der Waals surface area contributed by atoms with E-state index in [2.05, 4.69) is 5.32 Å². The summed E-state index contributed by atoms with van der Waals surface area (Å²) in [7, 11) is 1.40. The monoisotopic (exact) mass is 269 g/mol. The van der Waals surface area contributed by atoms with E-state index in [9.17, 15) is 4.79 Å². The molecule has 1 unspecified atom stereocenters. The van der Waals surface area contributed by atoms with Crippen LogP contribution in [0.15, 0.2) is 48.5 Å². The minimum Gasteiger partial charge on any atom is -0.467 e. The van der Waals surface area contributed by atoms with Crippen molar-refractivity contribution < 1.29 is 9.53 Å². The minimum absolute atomic E-state index is 0.295. The molecule has 2 aromatic rings. The van der Waals surface area contributed by atoms with Crippen LogP contribution in [0.1, 0.15) is 22.7 Å². The van der Waals surface area contributed by atoms with Crippen LogP contribution in [-0.4, -0.2) is 13.1 Å². The van der Waals surface area contributed by atoms with Crippen molar-refractivity contribution in [3.8, 4) is 0 Å². The normalized spacial score (nSPS) is 11.8. The molecular formula is C17H19NO2. The maximum atomic E-state index is 12.0. The van der Waals surface area contributed by atoms with Crippen LogP contribution in [0.25, 0.3) is 0 Å². The molecule has 0 spiro atoms. The summed E-state index contributed by atoms with van der Waals surface area (Å²) in [6, 6.07) is 15.3. The molecule has 0 aliphatic carbocycles. The Hall–Kier alpha value is -2.29. The molecule has 2 aromatic carbocycles. The lowest BCUT2D eigenvalue weighted by Crippen LogP contribution is -2.22. The first-order valence-corrected chi connectivity index (χ1v) is 6.58. The van der Waals surface area contributed by atoms with Gasteiger partial charge in [-0.25, -0.2) is 4.79 Å². The van der Waals surface area contributed by atoms with Gasteiger partial charge in [-0.3, -0.25) is 0 Å². The number of ether oxygens (including phenoxy) is 1. The lowest BCUT2D eigenvalue weighted by Gasteiger charge is -2.18. The van der Waals surface area contributed by atoms with Crippen molar-refractivity contribution in [1.82, 2.24) is 0 Å². The van der Waals surface area contributed by atoms with Crippen molar-refractivity contribution in [3.63, 3.8) is 0 Å². The summed E-state index contributed by atoms with van der Waals surface area (Å²) >= 11 is 0. The summed E-state index contributed by atoms with van der Waals surface area (Å²) in [5.74, 6) is -0.295. The Labute approximate surface area is 119 Å². The molecule has 0 amide bonds. The molecule has 0 aromatic heterocycles. The van der Waals surface area contributed by atoms with Gasteiger partial charge in [0.25, 0.3) is 0 Å². The highest BCUT2D eigenvalue weighted by atomic mass is 16.5. The van der Waals surface area contributed by atoms with Crippen molar-refractivity contribution in [3.05, 3.63) is 65.2 Å². The third-order valence-corrected chi connectivity index (χ3v) is 3.17. The molecule has 0 aliphatic rings. The first-order chi connectivity index (χ1) is 9.60. The highest BCUT2D eigenvalue weighted by Crippen LogP contribution is 2.22. The zero-order chi connectivity index (χ0) is 14.5. The van der Waals surface area contributed by atoms with Gasteiger partial charge in [0, 0.05) is 5.69 Å². The summed E-state index contributed by atoms with van der Waals surface area (Å²) in [6.45, 7) is 4.03. The SMILES string of the molecule is COC(=O)C(Nc1ccc(C)cc1)c1cccc(C)c1. The van der Waals surface area contributed by atoms with Crippen molar-refractivity contribution >= 4 is 11.7 Å². The van der Waals surface area contributed by atoms with Crippen LogP contribution >= 0.6 is 0 Å². The fraction of sp³-hybridized carbons (Fsp3) is 0.235. The van der Waals surface area contributed by atoms with Gasteiger partial charge in [-0.05, 0) is 31.5 Å². The van der Waals surface area contributed by atoms with E-state index >= 15 is 0 Å². The molecule has 3 nitrogen and oxygen atoms in total. The number of carbonyl (C=O) groups is 1. The molecule has 2 rings (SSSR count). The number of hydrogen-bond acceptors (Lipinski definition) is 3. The van der Waals surface area contributed by atoms with Gasteiger partial charge in [-0.15, -0.1) is 0 Å². The first-order valence-electron chi connectivity index (χ1n) is 6.58. The quantitative estimate of drug-likeness (QED) is 0.861. The second-order valence-corrected chi connectivity index (χ2v) is 4.88. The van der Waals surface area contributed by atoms with Crippen molar-refractivity contribution in [2.75, 3.05) is 12.4 Å². The fourth-order valence-electron chi connectivity index (χ4n) is 2.06. The standard InChI is InChI=1S/C17H19NO2/c1-12-7-9-15(10-8-12)18-16(17(19)20-3)14-6-4-5-13(2)11-14/h4-11,16,18H,1-3H3. The molecule has 0 bridgehead atoms. The van der Waals surface area contributed by atoms with E-state index < -0.39 is 6.04 Å². The van der Waals surface area contributed by atoms with E-state index in [1.807, 2.05) is 62.4 Å². The predicted molar refractivity (Wildman–Crippen MR) is 80.7 cm³/mol. The third kappa shape index (κ3) is 3.38. The lowest BCUT2D eigenvalue weighted by atomic mass is 10.0. The minimum atomic E-state index is -0.498. The topological polar surface area (TPSA) is 38.3 Å². The van der Waals surface area contributed by atoms with Gasteiger partial charge in [0.1, 0.15) is 0 Å². The van der Waals surface area contributed by atoms with Gasteiger partial charge in [0.15, 0.2) is 6.04 Å². The van der Waals surface area contributed by atoms with Crippen molar-refractivity contribution in [2.45, 2.75) is 19.9 Å². The number of nitrogens with one attached hydrogen (secondary N) is 1. The zero-order valence-electron chi connectivity index (χ0n) is 12.0. The summed E-state index contributed by atoms with van der Waals surface area (Å²) < 4.78 is 4.90. The number of aryl methyl sites for hydroxylation is 2. The van der Waals surface area contributed by atoms with Crippen LogP contribution < -0.4 is 5.32 Å². The Balaban J connectivity index is 2.28. The summed E-state index contributed by atoms with van der Waals surface area (Å²) in [4.78, 5) is 12.0. The number of carbonyl (C=O) groups excluding carboxylic acids is 1. The molecule has 1 atom stereocenters. The summed E-state index contributed by atoms with van der Waals surface area (Å²) in [6.07, 6.45) is 0. The van der Waals surface area contributed by atoms with E-state index in [4.69, 9.17) is 4.74 Å². The van der Waals surface area contributed by atoms with Crippen molar-refractivity contribution in [1.29, 1.82) is 0 Å². The van der Waals surface area contributed by atoms with E-state index in [1.54, 1.807) is 0 Å². The Morgan fingerprint density at radius 3 is 2.35 bits per heavy atom. The van der Waals surface area contributed by atoms with Gasteiger partial charge in [0.2, 0.25) is 0 Å². The van der Waals surface area contributed by atoms with Gasteiger partial charge < -0.3 is 10.1 Å². The summed E-state index contributed by atoms with van der Waals surface area (Å²) in [5, 5.41) is 3.23. The van der Waals surface area contributed by atoms with Crippen molar-refractivity contribution in [2.24, 2.45) is 0 Å². The molecule has 20 heavy (non-hydrogen) atoms. The lowest BCUT2D eigenvalue weighted by molar-refractivity contribution is -0.141. The molecule has 0 heterocycles. The third-order valence-electron chi connectivity index (χ3n) is 3.17. The van der Waals surface area contributed by atoms with Crippen LogP contribution in [0.2, 0.25) is 0 Å². The molecule has 0 aliphatic heterocycles. The number of hydrogen-bond donors (Lipinski definition) is 1. The van der Waals surface area contributed by atoms with Crippen LogP contribution in [-0.2, 0) is 9.53 Å². The van der Waals surface area contributed by atoms with Gasteiger partial charge in [-0.1, -0.05) is 47.5 Å². The Bertz CT molecular complexity index is 590. The van der Waals surface area contributed by atoms with Gasteiger partial charge >= 0.3 is 5.97 Å². The van der Waals surface area contributed by atoms with Crippen LogP contribution in [0.4, 0.5) is 5.69 Å². The smallest absolute Gasteiger partial charge is 0.332 e. The van der Waals surface area contributed by atoms with E-state index in [0.29, 0.717) is 0 Å². The predicted octanol–water partition coefficient (Wildman–Crippen LogP) is 3.63. The zero-order valence-corrected chi connectivity index (χ0v) is 12.0. The maximum absolute atomic E-state index is 12.0. The molecular weight excluding hydrogens is 250 g/mol. The highest BCUT2D eigenvalue weighted by molar-refractivity contribution is 5.81. The average Bonchev–Trinajstić information content (AvgIpc) is 2.46. The van der Waals surface area contributed by atoms with Crippen LogP contribution in [0.3, 0.4) is 0 Å². The van der Waals surface area contributed by atoms with E-state index in [0.717, 1.165) is 16.8 Å². The van der Waals surface area contributed by atoms with Gasteiger partial charge in [-0.2, -0.15) is 0 Å². The van der Waals surface area contributed by atoms with E-state index in [-0.39, 0.29) is 5.97 Å². The largest absolute Gasteiger partial charge is 0.467 e. The number of anilines is 1. The van der Waals surface area contributed by atoms with Crippen LogP contribution in [0.5, 0.6) is 0 Å². The molecule has 3 heteroatoms. The number of esters is 1. The Morgan fingerprint density at radius 2 is 1.75 bits per heavy atom. The Morgan fingerprint density at radius 1 is 1.05 bits per heavy atom. The van der Waals surface area contributed by atoms with E-state index in [1.165, 1.54) is 12.7 Å². The molecule has 0 fully saturated rings. The van der Waals surface area contributed by atoms with Gasteiger partial charge in [0.05, 0.1) is 7.11 Å². The molecule has 0 saturated heterocycles. The number of methoxy groups -OCH3 is 1. The molecule has 1 N–H and O–H groups in total. The summed E-state index contributed by atoms with van der Waals surface area (Å²) in [5.41, 5.74) is 4.09. The second-order valence-electron chi connectivity index (χ2n) is 4.88. The number of rotatable bonds is 4.